The normalized spacial score (nSPS) is 14.7. The average molecular weight is 398 g/mol. The van der Waals surface area contributed by atoms with E-state index in [0.29, 0.717) is 11.5 Å². The van der Waals surface area contributed by atoms with Crippen LogP contribution in [0.5, 0.6) is 11.5 Å². The highest BCUT2D eigenvalue weighted by atomic mass is 31.2. The summed E-state index contributed by atoms with van der Waals surface area (Å²) in [6.07, 6.45) is 0. The molecule has 5 heteroatoms. The fraction of sp³-hybridized carbons (Fsp3) is 0. The molecule has 0 aromatic heterocycles. The van der Waals surface area contributed by atoms with Gasteiger partial charge >= 0.3 is 7.82 Å². The Bertz CT molecular complexity index is 1400. The van der Waals surface area contributed by atoms with Crippen LogP contribution in [0, 0.1) is 0 Å². The van der Waals surface area contributed by atoms with Crippen molar-refractivity contribution in [2.75, 3.05) is 0 Å². The third-order valence-corrected chi connectivity index (χ3v) is 6.30. The maximum absolute atomic E-state index is 12.8. The first-order valence-electron chi connectivity index (χ1n) is 9.27. The summed E-state index contributed by atoms with van der Waals surface area (Å²) < 4.78 is 23.9. The Morgan fingerprint density at radius 3 is 1.28 bits per heavy atom. The molecule has 0 unspecified atom stereocenters. The summed E-state index contributed by atoms with van der Waals surface area (Å²) in [5.41, 5.74) is 0. The second-order valence-corrected chi connectivity index (χ2v) is 8.53. The monoisotopic (exact) mass is 398 g/mol. The van der Waals surface area contributed by atoms with E-state index in [4.69, 9.17) is 9.05 Å². The smallest absolute Gasteiger partial charge is 0.395 e. The largest absolute Gasteiger partial charge is 0.584 e. The van der Waals surface area contributed by atoms with Crippen LogP contribution in [0.15, 0.2) is 84.9 Å². The summed E-state index contributed by atoms with van der Waals surface area (Å²) in [5, 5.41) is 7.39. The second kappa shape index (κ2) is 5.84. The first-order valence-corrected chi connectivity index (χ1v) is 10.8. The number of hydrogen-bond donors (Lipinski definition) is 1. The number of fused-ring (bicyclic) bond motifs is 2. The van der Waals surface area contributed by atoms with E-state index >= 15 is 0 Å². The van der Waals surface area contributed by atoms with Crippen LogP contribution in [0.3, 0.4) is 0 Å². The molecule has 2 heterocycles. The Morgan fingerprint density at radius 2 is 0.862 bits per heavy atom. The predicted molar refractivity (Wildman–Crippen MR) is 116 cm³/mol. The fourth-order valence-corrected chi connectivity index (χ4v) is 4.83. The van der Waals surface area contributed by atoms with Crippen LogP contribution in [0.25, 0.3) is 43.1 Å². The maximum atomic E-state index is 12.8. The van der Waals surface area contributed by atoms with Gasteiger partial charge in [0.05, 0.1) is 0 Å². The van der Waals surface area contributed by atoms with E-state index in [1.165, 1.54) is 0 Å². The van der Waals surface area contributed by atoms with E-state index in [-0.39, 0.29) is 0 Å². The van der Waals surface area contributed by atoms with Gasteiger partial charge in [0.15, 0.2) is 0 Å². The molecule has 1 N–H and O–H groups in total. The molecule has 29 heavy (non-hydrogen) atoms. The summed E-state index contributed by atoms with van der Waals surface area (Å²) >= 11 is 0. The third-order valence-electron chi connectivity index (χ3n) is 5.45. The number of rotatable bonds is 0. The van der Waals surface area contributed by atoms with Crippen molar-refractivity contribution in [1.82, 2.24) is 0 Å². The Hall–Kier alpha value is -3.33. The molecule has 4 nitrogen and oxygen atoms in total. The average Bonchev–Trinajstić information content (AvgIpc) is 2.77. The zero-order chi connectivity index (χ0) is 19.6. The molecular formula is C24H15O4P. The highest BCUT2D eigenvalue weighted by molar-refractivity contribution is 7.48. The van der Waals surface area contributed by atoms with Crippen molar-refractivity contribution >= 4 is 50.9 Å². The number of phosphoric ester groups is 1. The lowest BCUT2D eigenvalue weighted by Gasteiger charge is -2.15. The van der Waals surface area contributed by atoms with E-state index in [1.54, 1.807) is 12.1 Å². The number of phosphoric acid groups is 1. The van der Waals surface area contributed by atoms with Gasteiger partial charge in [-0.05, 0) is 56.6 Å². The van der Waals surface area contributed by atoms with Gasteiger partial charge in [-0.2, -0.15) is 0 Å². The summed E-state index contributed by atoms with van der Waals surface area (Å²) in [4.78, 5) is 10.5. The highest BCUT2D eigenvalue weighted by Crippen LogP contribution is 2.48. The van der Waals surface area contributed by atoms with Gasteiger partial charge in [0.1, 0.15) is 11.5 Å². The van der Waals surface area contributed by atoms with Gasteiger partial charge in [-0.1, -0.05) is 60.7 Å². The molecule has 140 valence electrons. The molecule has 0 aliphatic carbocycles. The maximum Gasteiger partial charge on any atom is 0.584 e. The van der Waals surface area contributed by atoms with Crippen LogP contribution >= 0.6 is 7.82 Å². The van der Waals surface area contributed by atoms with E-state index in [1.807, 2.05) is 48.5 Å². The van der Waals surface area contributed by atoms with Crippen LogP contribution in [0.4, 0.5) is 0 Å². The minimum atomic E-state index is -4.39. The predicted octanol–water partition coefficient (Wildman–Crippen LogP) is 6.73. The molecule has 8 aromatic rings. The first kappa shape index (κ1) is 16.6. The minimum absolute atomic E-state index is 0.305. The summed E-state index contributed by atoms with van der Waals surface area (Å²) in [6, 6.07) is 27.5. The van der Waals surface area contributed by atoms with Crippen molar-refractivity contribution < 1.29 is 18.5 Å². The van der Waals surface area contributed by atoms with E-state index in [2.05, 4.69) is 24.3 Å². The lowest BCUT2D eigenvalue weighted by atomic mass is 10.0. The Kier molecular flexibility index (Phi) is 3.34. The highest BCUT2D eigenvalue weighted by Gasteiger charge is 2.27. The Balaban J connectivity index is 1.96. The van der Waals surface area contributed by atoms with Crippen LogP contribution in [-0.2, 0) is 4.57 Å². The molecule has 0 saturated heterocycles. The van der Waals surface area contributed by atoms with Crippen molar-refractivity contribution in [3.63, 3.8) is 0 Å². The molecule has 0 radical (unpaired) electrons. The first-order chi connectivity index (χ1) is 14.1. The van der Waals surface area contributed by atoms with Crippen molar-refractivity contribution in [1.29, 1.82) is 0 Å². The SMILES string of the molecule is O=P1(O)Oc2ccc3cc2c2ccc(cc2)c2cc(ccc2O1)c1ccc3cc1. The topological polar surface area (TPSA) is 55.8 Å². The van der Waals surface area contributed by atoms with Crippen LogP contribution < -0.4 is 9.05 Å². The van der Waals surface area contributed by atoms with Gasteiger partial charge in [-0.25, -0.2) is 4.57 Å². The van der Waals surface area contributed by atoms with Gasteiger partial charge in [0.25, 0.3) is 0 Å². The molecule has 10 rings (SSSR count). The molecule has 0 amide bonds. The van der Waals surface area contributed by atoms with Crippen molar-refractivity contribution in [2.24, 2.45) is 0 Å². The summed E-state index contributed by atoms with van der Waals surface area (Å²) in [7, 11) is -4.39. The van der Waals surface area contributed by atoms with Gasteiger partial charge in [-0.15, -0.1) is 0 Å². The standard InChI is InChI=1S/C24H15O4P/c25-29(26)27-23-11-9-19-13-21(23)17-5-7-18(8-6-17)22-14-20(10-12-24(22)28-29)16-2-1-15(19)3-4-16/h1-14H,(H,25,26). The number of hydrogen-bond acceptors (Lipinski definition) is 3. The zero-order valence-electron chi connectivity index (χ0n) is 15.2. The second-order valence-electron chi connectivity index (χ2n) is 7.23. The van der Waals surface area contributed by atoms with Gasteiger partial charge in [-0.3, -0.25) is 4.89 Å². The van der Waals surface area contributed by atoms with E-state index in [0.717, 1.165) is 43.1 Å². The molecule has 0 spiro atoms. The number of benzene rings is 4. The molecule has 0 fully saturated rings. The van der Waals surface area contributed by atoms with Gasteiger partial charge in [0, 0.05) is 10.8 Å². The molecule has 2 aliphatic heterocycles. The minimum Gasteiger partial charge on any atom is -0.395 e. The lowest BCUT2D eigenvalue weighted by Crippen LogP contribution is -2.00. The Labute approximate surface area is 166 Å². The molecule has 8 aromatic carbocycles. The summed E-state index contributed by atoms with van der Waals surface area (Å²) in [5.74, 6) is 0.609. The van der Waals surface area contributed by atoms with Crippen molar-refractivity contribution in [2.45, 2.75) is 0 Å². The zero-order valence-corrected chi connectivity index (χ0v) is 16.1. The third kappa shape index (κ3) is 2.69. The van der Waals surface area contributed by atoms with Crippen LogP contribution in [0.1, 0.15) is 0 Å². The quantitative estimate of drug-likeness (QED) is 0.294. The van der Waals surface area contributed by atoms with Crippen LogP contribution in [-0.4, -0.2) is 4.89 Å². The Morgan fingerprint density at radius 1 is 0.517 bits per heavy atom. The lowest BCUT2D eigenvalue weighted by molar-refractivity contribution is 0.293. The van der Waals surface area contributed by atoms with Crippen molar-refractivity contribution in [3.05, 3.63) is 84.9 Å². The van der Waals surface area contributed by atoms with Crippen molar-refractivity contribution in [3.8, 4) is 11.5 Å². The summed E-state index contributed by atoms with van der Waals surface area (Å²) in [6.45, 7) is 0. The van der Waals surface area contributed by atoms with Crippen LogP contribution in [0.2, 0.25) is 0 Å². The fourth-order valence-electron chi connectivity index (χ4n) is 3.98. The molecule has 0 saturated carbocycles. The molecule has 8 bridgehead atoms. The van der Waals surface area contributed by atoms with Gasteiger partial charge < -0.3 is 9.05 Å². The molecular weight excluding hydrogens is 383 g/mol. The van der Waals surface area contributed by atoms with Gasteiger partial charge in [0.2, 0.25) is 0 Å². The molecule has 0 atom stereocenters. The van der Waals surface area contributed by atoms with E-state index in [9.17, 15) is 9.46 Å². The molecule has 2 aliphatic rings. The van der Waals surface area contributed by atoms with E-state index < -0.39 is 7.82 Å².